The molecule has 2 aliphatic carbocycles. The van der Waals surface area contributed by atoms with Crippen LogP contribution in [0, 0.1) is 22.7 Å². The fraction of sp³-hybridized carbons (Fsp3) is 0.556. The highest BCUT2D eigenvalue weighted by Crippen LogP contribution is 2.47. The molecule has 2 unspecified atom stereocenters. The molecule has 0 amide bonds. The molecular weight excluding hydrogens is 216 g/mol. The van der Waals surface area contributed by atoms with Crippen molar-refractivity contribution in [3.63, 3.8) is 0 Å². The molecule has 0 aromatic carbocycles. The Kier molecular flexibility index (Phi) is 3.17. The number of fused-ring (bicyclic) bond motifs is 1. The molecule has 0 bridgehead atoms. The Bertz CT molecular complexity index is 397. The van der Waals surface area contributed by atoms with Crippen LogP contribution in [0.1, 0.15) is 41.5 Å². The minimum atomic E-state index is 0.248. The van der Waals surface area contributed by atoms with Gasteiger partial charge in [-0.25, -0.2) is 0 Å². The van der Waals surface area contributed by atoms with Gasteiger partial charge in [0.05, 0.1) is 0 Å². The van der Waals surface area contributed by atoms with E-state index in [-0.39, 0.29) is 10.8 Å². The minimum absolute atomic E-state index is 0.248. The molecule has 2 aliphatic rings. The zero-order valence-corrected chi connectivity index (χ0v) is 12.6. The van der Waals surface area contributed by atoms with Crippen LogP contribution >= 0.6 is 0 Å². The summed E-state index contributed by atoms with van der Waals surface area (Å²) in [6.07, 6.45) is 13.9. The second kappa shape index (κ2) is 4.26. The highest BCUT2D eigenvalue weighted by Gasteiger charge is 2.36. The lowest BCUT2D eigenvalue weighted by Crippen LogP contribution is -2.30. The molecule has 0 saturated heterocycles. The summed E-state index contributed by atoms with van der Waals surface area (Å²) in [5, 5.41) is 0. The lowest BCUT2D eigenvalue weighted by atomic mass is 9.64. The molecule has 0 spiro atoms. The summed E-state index contributed by atoms with van der Waals surface area (Å²) in [5.74, 6) is 1.10. The van der Waals surface area contributed by atoms with Crippen LogP contribution < -0.4 is 0 Å². The Morgan fingerprint density at radius 3 is 1.28 bits per heavy atom. The monoisotopic (exact) mass is 242 g/mol. The quantitative estimate of drug-likeness (QED) is 0.540. The molecule has 0 nitrogen and oxygen atoms in total. The normalized spacial score (nSPS) is 27.7. The van der Waals surface area contributed by atoms with Crippen LogP contribution in [0.3, 0.4) is 0 Å². The molecule has 0 N–H and O–H groups in total. The number of rotatable bonds is 0. The summed E-state index contributed by atoms with van der Waals surface area (Å²) in [6.45, 7) is 13.9. The van der Waals surface area contributed by atoms with Crippen LogP contribution in [0.4, 0.5) is 0 Å². The van der Waals surface area contributed by atoms with Gasteiger partial charge in [0.2, 0.25) is 0 Å². The largest absolute Gasteiger partial charge is 0.0764 e. The van der Waals surface area contributed by atoms with E-state index in [1.165, 1.54) is 0 Å². The molecule has 0 saturated carbocycles. The molecule has 2 atom stereocenters. The molecule has 0 radical (unpaired) electrons. The van der Waals surface area contributed by atoms with Crippen molar-refractivity contribution in [1.82, 2.24) is 0 Å². The molecule has 0 aliphatic heterocycles. The van der Waals surface area contributed by atoms with Crippen LogP contribution in [0.25, 0.3) is 0 Å². The van der Waals surface area contributed by atoms with E-state index in [9.17, 15) is 0 Å². The summed E-state index contributed by atoms with van der Waals surface area (Å²) >= 11 is 0. The van der Waals surface area contributed by atoms with Crippen molar-refractivity contribution in [2.24, 2.45) is 22.7 Å². The molecule has 0 heterocycles. The first-order valence-corrected chi connectivity index (χ1v) is 6.99. The van der Waals surface area contributed by atoms with Crippen molar-refractivity contribution in [3.8, 4) is 0 Å². The first kappa shape index (κ1) is 13.4. The predicted octanol–water partition coefficient (Wildman–Crippen LogP) is 5.30. The van der Waals surface area contributed by atoms with Crippen molar-refractivity contribution >= 4 is 0 Å². The Hall–Kier alpha value is -1.04. The average molecular weight is 242 g/mol. The zero-order chi connectivity index (χ0) is 13.6. The maximum atomic E-state index is 2.38. The third-order valence-corrected chi connectivity index (χ3v) is 4.03. The van der Waals surface area contributed by atoms with Crippen molar-refractivity contribution < 1.29 is 0 Å². The van der Waals surface area contributed by atoms with E-state index in [0.717, 1.165) is 0 Å². The van der Waals surface area contributed by atoms with E-state index >= 15 is 0 Å². The highest BCUT2D eigenvalue weighted by molar-refractivity contribution is 5.41. The van der Waals surface area contributed by atoms with E-state index in [0.29, 0.717) is 11.8 Å². The molecule has 98 valence electrons. The Morgan fingerprint density at radius 2 is 1.00 bits per heavy atom. The van der Waals surface area contributed by atoms with Gasteiger partial charge in [-0.1, -0.05) is 89.1 Å². The van der Waals surface area contributed by atoms with Gasteiger partial charge in [0.25, 0.3) is 0 Å². The fourth-order valence-corrected chi connectivity index (χ4v) is 3.11. The summed E-state index contributed by atoms with van der Waals surface area (Å²) < 4.78 is 0. The Balaban J connectivity index is 2.40. The molecule has 2 rings (SSSR count). The maximum absolute atomic E-state index is 2.38. The Labute approximate surface area is 112 Å². The van der Waals surface area contributed by atoms with Crippen LogP contribution in [-0.2, 0) is 0 Å². The van der Waals surface area contributed by atoms with E-state index in [4.69, 9.17) is 0 Å². The number of hydrogen-bond donors (Lipinski definition) is 0. The van der Waals surface area contributed by atoms with Crippen LogP contribution in [0.15, 0.2) is 47.6 Å². The first-order valence-electron chi connectivity index (χ1n) is 6.99. The van der Waals surface area contributed by atoms with E-state index in [1.807, 2.05) is 0 Å². The van der Waals surface area contributed by atoms with Gasteiger partial charge in [-0.3, -0.25) is 0 Å². The third-order valence-electron chi connectivity index (χ3n) is 4.03. The van der Waals surface area contributed by atoms with Crippen LogP contribution in [0.5, 0.6) is 0 Å². The van der Waals surface area contributed by atoms with E-state index in [2.05, 4.69) is 78.0 Å². The van der Waals surface area contributed by atoms with Gasteiger partial charge >= 0.3 is 0 Å². The van der Waals surface area contributed by atoms with Crippen molar-refractivity contribution in [2.45, 2.75) is 41.5 Å². The Morgan fingerprint density at radius 1 is 0.667 bits per heavy atom. The molecular formula is C18H26. The second-order valence-corrected chi connectivity index (χ2v) is 7.57. The lowest BCUT2D eigenvalue weighted by Gasteiger charge is -2.41. The van der Waals surface area contributed by atoms with Crippen molar-refractivity contribution in [3.05, 3.63) is 47.6 Å². The lowest BCUT2D eigenvalue weighted by molar-refractivity contribution is 0.373. The second-order valence-electron chi connectivity index (χ2n) is 7.57. The number of hydrogen-bond acceptors (Lipinski definition) is 0. The summed E-state index contributed by atoms with van der Waals surface area (Å²) in [6, 6.07) is 0. The molecule has 18 heavy (non-hydrogen) atoms. The van der Waals surface area contributed by atoms with Gasteiger partial charge in [0, 0.05) is 11.8 Å². The zero-order valence-electron chi connectivity index (χ0n) is 12.6. The van der Waals surface area contributed by atoms with Gasteiger partial charge in [0.15, 0.2) is 0 Å². The maximum Gasteiger partial charge on any atom is 0.00889 e. The van der Waals surface area contributed by atoms with Crippen LogP contribution in [0.2, 0.25) is 0 Å². The van der Waals surface area contributed by atoms with Gasteiger partial charge in [0.1, 0.15) is 0 Å². The predicted molar refractivity (Wildman–Crippen MR) is 80.3 cm³/mol. The van der Waals surface area contributed by atoms with Gasteiger partial charge in [-0.05, 0) is 10.8 Å². The molecule has 0 aromatic rings. The summed E-state index contributed by atoms with van der Waals surface area (Å²) in [5.41, 5.74) is 3.61. The minimum Gasteiger partial charge on any atom is -0.0764 e. The summed E-state index contributed by atoms with van der Waals surface area (Å²) in [4.78, 5) is 0. The van der Waals surface area contributed by atoms with Gasteiger partial charge in [-0.2, -0.15) is 0 Å². The molecule has 0 aromatic heterocycles. The topological polar surface area (TPSA) is 0 Å². The average Bonchev–Trinajstić information content (AvgIpc) is 2.24. The van der Waals surface area contributed by atoms with Crippen molar-refractivity contribution in [1.29, 1.82) is 0 Å². The fourth-order valence-electron chi connectivity index (χ4n) is 3.11. The van der Waals surface area contributed by atoms with Crippen LogP contribution in [-0.4, -0.2) is 0 Å². The highest BCUT2D eigenvalue weighted by atomic mass is 14.4. The third kappa shape index (κ3) is 2.39. The molecule has 0 fully saturated rings. The van der Waals surface area contributed by atoms with E-state index < -0.39 is 0 Å². The summed E-state index contributed by atoms with van der Waals surface area (Å²) in [7, 11) is 0. The van der Waals surface area contributed by atoms with Gasteiger partial charge < -0.3 is 0 Å². The molecule has 0 heteroatoms. The SMILES string of the molecule is CC(C)(C)C1=CC=CC2C(C(C)(C)C)=CC=CC12. The smallest absolute Gasteiger partial charge is 0.00889 e. The number of allylic oxidation sites excluding steroid dienone is 8. The first-order chi connectivity index (χ1) is 8.21. The van der Waals surface area contributed by atoms with Gasteiger partial charge in [-0.15, -0.1) is 0 Å². The standard InChI is InChI=1S/C18H26/c1-17(2,3)15-11-7-10-14-13(15)9-8-12-16(14)18(4,5)6/h7-14H,1-6H3. The van der Waals surface area contributed by atoms with Crippen molar-refractivity contribution in [2.75, 3.05) is 0 Å². The van der Waals surface area contributed by atoms with E-state index in [1.54, 1.807) is 11.1 Å².